The lowest BCUT2D eigenvalue weighted by molar-refractivity contribution is -0.144. The van der Waals surface area contributed by atoms with Gasteiger partial charge in [-0.15, -0.1) is 5.10 Å². The fraction of sp³-hybridized carbons (Fsp3) is 0.727. The van der Waals surface area contributed by atoms with Crippen molar-refractivity contribution < 1.29 is 23.1 Å². The second-order valence-corrected chi connectivity index (χ2v) is 4.72. The van der Waals surface area contributed by atoms with Gasteiger partial charge < -0.3 is 10.0 Å². The molecule has 1 aliphatic heterocycles. The molecule has 0 bridgehead atoms. The van der Waals surface area contributed by atoms with Gasteiger partial charge in [0.2, 0.25) is 5.69 Å². The lowest BCUT2D eigenvalue weighted by Crippen LogP contribution is -2.33. The highest BCUT2D eigenvalue weighted by molar-refractivity contribution is 5.86. The summed E-state index contributed by atoms with van der Waals surface area (Å²) >= 11 is 0. The predicted octanol–water partition coefficient (Wildman–Crippen LogP) is 1.48. The topological polar surface area (TPSA) is 71.2 Å². The average Bonchev–Trinajstić information content (AvgIpc) is 2.81. The molecule has 112 valence electrons. The van der Waals surface area contributed by atoms with Crippen molar-refractivity contribution in [2.45, 2.75) is 32.0 Å². The van der Waals surface area contributed by atoms with Crippen LogP contribution in [-0.4, -0.2) is 50.6 Å². The van der Waals surface area contributed by atoms with Gasteiger partial charge in [0.25, 0.3) is 0 Å². The van der Waals surface area contributed by atoms with E-state index >= 15 is 0 Å². The summed E-state index contributed by atoms with van der Waals surface area (Å²) in [6, 6.07) is 0. The number of aromatic nitrogens is 3. The van der Waals surface area contributed by atoms with E-state index in [1.165, 1.54) is 0 Å². The highest BCUT2D eigenvalue weighted by atomic mass is 19.4. The summed E-state index contributed by atoms with van der Waals surface area (Å²) in [4.78, 5) is 12.8. The molecule has 2 heterocycles. The van der Waals surface area contributed by atoms with Gasteiger partial charge in [0.05, 0.1) is 6.54 Å². The number of aromatic carboxylic acids is 1. The standard InChI is InChI=1S/C11H15F3N4O2/c12-11(13,14)9-8(10(19)20)15-16-18(9)7-6-17-4-2-1-3-5-17/h1-7H2,(H,19,20). The third-order valence-corrected chi connectivity index (χ3v) is 3.28. The number of hydrogen-bond donors (Lipinski definition) is 1. The molecule has 0 aliphatic carbocycles. The summed E-state index contributed by atoms with van der Waals surface area (Å²) in [7, 11) is 0. The molecule has 0 saturated carbocycles. The first-order valence-electron chi connectivity index (χ1n) is 6.36. The third kappa shape index (κ3) is 3.27. The van der Waals surface area contributed by atoms with E-state index in [0.29, 0.717) is 11.2 Å². The summed E-state index contributed by atoms with van der Waals surface area (Å²) in [5.41, 5.74) is -2.34. The Morgan fingerprint density at radius 1 is 1.20 bits per heavy atom. The van der Waals surface area contributed by atoms with Crippen LogP contribution in [0.2, 0.25) is 0 Å². The fourth-order valence-corrected chi connectivity index (χ4v) is 2.31. The number of carbonyl (C=O) groups is 1. The molecule has 6 nitrogen and oxygen atoms in total. The smallest absolute Gasteiger partial charge is 0.435 e. The largest absolute Gasteiger partial charge is 0.476 e. The Kier molecular flexibility index (Phi) is 4.26. The second kappa shape index (κ2) is 5.78. The lowest BCUT2D eigenvalue weighted by Gasteiger charge is -2.26. The average molecular weight is 292 g/mol. The Morgan fingerprint density at radius 3 is 2.40 bits per heavy atom. The first kappa shape index (κ1) is 14.8. The van der Waals surface area contributed by atoms with Crippen LogP contribution >= 0.6 is 0 Å². The molecule has 0 radical (unpaired) electrons. The van der Waals surface area contributed by atoms with Crippen LogP contribution in [0.25, 0.3) is 0 Å². The number of halogens is 3. The molecule has 0 spiro atoms. The van der Waals surface area contributed by atoms with Crippen molar-refractivity contribution in [2.24, 2.45) is 0 Å². The Labute approximate surface area is 113 Å². The molecular weight excluding hydrogens is 277 g/mol. The number of piperidine rings is 1. The molecule has 0 atom stereocenters. The van der Waals surface area contributed by atoms with Gasteiger partial charge in [-0.25, -0.2) is 9.48 Å². The van der Waals surface area contributed by atoms with Gasteiger partial charge in [-0.05, 0) is 25.9 Å². The summed E-state index contributed by atoms with van der Waals surface area (Å²) < 4.78 is 39.3. The molecule has 0 unspecified atom stereocenters. The summed E-state index contributed by atoms with van der Waals surface area (Å²) in [6.45, 7) is 2.09. The number of likely N-dealkylation sites (tertiary alicyclic amines) is 1. The van der Waals surface area contributed by atoms with E-state index in [1.54, 1.807) is 0 Å². The van der Waals surface area contributed by atoms with Crippen molar-refractivity contribution in [3.63, 3.8) is 0 Å². The molecule has 1 N–H and O–H groups in total. The fourth-order valence-electron chi connectivity index (χ4n) is 2.31. The number of carboxylic acids is 1. The van der Waals surface area contributed by atoms with Gasteiger partial charge in [-0.3, -0.25) is 0 Å². The molecule has 1 saturated heterocycles. The molecule has 0 aromatic carbocycles. The van der Waals surface area contributed by atoms with Crippen LogP contribution in [0.15, 0.2) is 0 Å². The zero-order chi connectivity index (χ0) is 14.8. The normalized spacial score (nSPS) is 17.4. The number of hydrogen-bond acceptors (Lipinski definition) is 4. The molecule has 1 fully saturated rings. The lowest BCUT2D eigenvalue weighted by atomic mass is 10.1. The van der Waals surface area contributed by atoms with Crippen molar-refractivity contribution in [3.8, 4) is 0 Å². The third-order valence-electron chi connectivity index (χ3n) is 3.28. The Balaban J connectivity index is 2.12. The zero-order valence-electron chi connectivity index (χ0n) is 10.7. The van der Waals surface area contributed by atoms with E-state index in [2.05, 4.69) is 10.3 Å². The van der Waals surface area contributed by atoms with Gasteiger partial charge in [0.1, 0.15) is 0 Å². The first-order chi connectivity index (χ1) is 9.39. The van der Waals surface area contributed by atoms with Crippen LogP contribution in [0.1, 0.15) is 35.4 Å². The van der Waals surface area contributed by atoms with E-state index in [1.807, 2.05) is 4.90 Å². The Hall–Kier alpha value is -1.64. The van der Waals surface area contributed by atoms with Crippen molar-refractivity contribution in [1.82, 2.24) is 19.9 Å². The van der Waals surface area contributed by atoms with Crippen LogP contribution in [0.3, 0.4) is 0 Å². The van der Waals surface area contributed by atoms with Crippen LogP contribution in [0.5, 0.6) is 0 Å². The van der Waals surface area contributed by atoms with Gasteiger partial charge in [0.15, 0.2) is 5.69 Å². The highest BCUT2D eigenvalue weighted by Crippen LogP contribution is 2.31. The maximum absolute atomic E-state index is 12.9. The van der Waals surface area contributed by atoms with Gasteiger partial charge in [-0.2, -0.15) is 13.2 Å². The molecule has 2 rings (SSSR count). The van der Waals surface area contributed by atoms with Crippen molar-refractivity contribution in [3.05, 3.63) is 11.4 Å². The van der Waals surface area contributed by atoms with E-state index in [4.69, 9.17) is 5.11 Å². The monoisotopic (exact) mass is 292 g/mol. The van der Waals surface area contributed by atoms with Crippen LogP contribution in [-0.2, 0) is 12.7 Å². The molecule has 1 aliphatic rings. The van der Waals surface area contributed by atoms with Crippen molar-refractivity contribution in [1.29, 1.82) is 0 Å². The summed E-state index contributed by atoms with van der Waals surface area (Å²) in [5.74, 6) is -1.72. The summed E-state index contributed by atoms with van der Waals surface area (Å²) in [5, 5.41) is 15.2. The zero-order valence-corrected chi connectivity index (χ0v) is 10.7. The Morgan fingerprint density at radius 2 is 1.85 bits per heavy atom. The summed E-state index contributed by atoms with van der Waals surface area (Å²) in [6.07, 6.45) is -1.58. The Bertz CT molecular complexity index is 481. The maximum Gasteiger partial charge on any atom is 0.435 e. The quantitative estimate of drug-likeness (QED) is 0.910. The van der Waals surface area contributed by atoms with Crippen molar-refractivity contribution in [2.75, 3.05) is 19.6 Å². The maximum atomic E-state index is 12.9. The predicted molar refractivity (Wildman–Crippen MR) is 62.3 cm³/mol. The molecule has 20 heavy (non-hydrogen) atoms. The van der Waals surface area contributed by atoms with Gasteiger partial charge >= 0.3 is 12.1 Å². The molecular formula is C11H15F3N4O2. The van der Waals surface area contributed by atoms with Crippen LogP contribution in [0, 0.1) is 0 Å². The van der Waals surface area contributed by atoms with E-state index < -0.39 is 23.5 Å². The molecule has 0 amide bonds. The second-order valence-electron chi connectivity index (χ2n) is 4.72. The minimum atomic E-state index is -4.78. The highest BCUT2D eigenvalue weighted by Gasteiger charge is 2.41. The van der Waals surface area contributed by atoms with E-state index in [-0.39, 0.29) is 6.54 Å². The minimum absolute atomic E-state index is 0.0187. The van der Waals surface area contributed by atoms with Crippen LogP contribution in [0.4, 0.5) is 13.2 Å². The molecule has 9 heteroatoms. The van der Waals surface area contributed by atoms with Gasteiger partial charge in [-0.1, -0.05) is 11.6 Å². The molecule has 1 aromatic heterocycles. The molecule has 1 aromatic rings. The van der Waals surface area contributed by atoms with Crippen LogP contribution < -0.4 is 0 Å². The number of alkyl halides is 3. The number of nitrogens with zero attached hydrogens (tertiary/aromatic N) is 4. The van der Waals surface area contributed by atoms with Gasteiger partial charge in [0, 0.05) is 6.54 Å². The minimum Gasteiger partial charge on any atom is -0.476 e. The number of carboxylic acid groups (broad SMARTS) is 1. The number of rotatable bonds is 4. The van der Waals surface area contributed by atoms with E-state index in [0.717, 1.165) is 32.4 Å². The van der Waals surface area contributed by atoms with Crippen molar-refractivity contribution >= 4 is 5.97 Å². The SMILES string of the molecule is O=C(O)c1nnn(CCN2CCCCC2)c1C(F)(F)F. The van der Waals surface area contributed by atoms with E-state index in [9.17, 15) is 18.0 Å². The first-order valence-corrected chi connectivity index (χ1v) is 6.36.